The summed E-state index contributed by atoms with van der Waals surface area (Å²) in [6, 6.07) is 14.1. The number of aliphatic imine (C=N–C) groups is 1. The van der Waals surface area contributed by atoms with Crippen molar-refractivity contribution >= 4 is 21.8 Å². The minimum Gasteiger partial charge on any atom is -0.459 e. The quantitative estimate of drug-likeness (QED) is 0.857. The minimum absolute atomic E-state index is 0.159. The first-order valence-corrected chi connectivity index (χ1v) is 8.82. The summed E-state index contributed by atoms with van der Waals surface area (Å²) in [4.78, 5) is 16.0. The van der Waals surface area contributed by atoms with Gasteiger partial charge in [-0.1, -0.05) is 42.0 Å². The normalized spacial score (nSPS) is 16.5. The van der Waals surface area contributed by atoms with Gasteiger partial charge in [0.1, 0.15) is 19.0 Å². The first kappa shape index (κ1) is 16.2. The molecule has 1 aliphatic heterocycles. The van der Waals surface area contributed by atoms with Gasteiger partial charge >= 0.3 is 5.97 Å². The molecule has 0 aromatic heterocycles. The number of nitrogens with zero attached hydrogens (tertiary/aromatic N) is 1. The fraction of sp³-hybridized carbons (Fsp3) is 0.176. The molecule has 0 fully saturated rings. The molecule has 124 valence electrons. The topological polar surface area (TPSA) is 84.8 Å². The Morgan fingerprint density at radius 3 is 2.58 bits per heavy atom. The Morgan fingerprint density at radius 1 is 1.12 bits per heavy atom. The number of ether oxygens (including phenoxy) is 1. The Labute approximate surface area is 140 Å². The number of rotatable bonds is 4. The van der Waals surface area contributed by atoms with E-state index in [1.807, 2.05) is 31.2 Å². The van der Waals surface area contributed by atoms with Gasteiger partial charge in [0.25, 0.3) is 10.0 Å². The van der Waals surface area contributed by atoms with Crippen molar-refractivity contribution in [2.45, 2.75) is 18.4 Å². The molecule has 1 heterocycles. The molecule has 0 amide bonds. The van der Waals surface area contributed by atoms with E-state index in [1.165, 1.54) is 6.07 Å². The smallest absolute Gasteiger partial charge is 0.328 e. The van der Waals surface area contributed by atoms with Gasteiger partial charge in [-0.05, 0) is 24.6 Å². The zero-order valence-corrected chi connectivity index (χ0v) is 13.8. The zero-order chi connectivity index (χ0) is 17.2. The highest BCUT2D eigenvalue weighted by Crippen LogP contribution is 2.22. The van der Waals surface area contributed by atoms with E-state index >= 15 is 0 Å². The maximum absolute atomic E-state index is 11.9. The molecule has 2 aromatic carbocycles. The molecule has 0 spiro atoms. The Hall–Kier alpha value is -2.67. The third-order valence-electron chi connectivity index (χ3n) is 3.55. The van der Waals surface area contributed by atoms with E-state index in [1.54, 1.807) is 18.2 Å². The molecule has 7 heteroatoms. The van der Waals surface area contributed by atoms with Crippen LogP contribution in [0.4, 0.5) is 0 Å². The van der Waals surface area contributed by atoms with Crippen LogP contribution in [0.25, 0.3) is 0 Å². The largest absolute Gasteiger partial charge is 0.459 e. The third kappa shape index (κ3) is 3.46. The molecule has 0 bridgehead atoms. The predicted molar refractivity (Wildman–Crippen MR) is 89.1 cm³/mol. The molecule has 0 aliphatic carbocycles. The first-order chi connectivity index (χ1) is 11.5. The van der Waals surface area contributed by atoms with Crippen molar-refractivity contribution in [3.8, 4) is 0 Å². The van der Waals surface area contributed by atoms with Crippen molar-refractivity contribution in [2.75, 3.05) is 6.54 Å². The Balaban J connectivity index is 1.64. The van der Waals surface area contributed by atoms with Crippen molar-refractivity contribution in [1.82, 2.24) is 4.72 Å². The van der Waals surface area contributed by atoms with E-state index in [4.69, 9.17) is 4.74 Å². The van der Waals surface area contributed by atoms with E-state index in [0.29, 0.717) is 5.56 Å². The molecular weight excluding hydrogens is 328 g/mol. The van der Waals surface area contributed by atoms with Gasteiger partial charge in [0, 0.05) is 5.56 Å². The molecule has 2 aromatic rings. The van der Waals surface area contributed by atoms with E-state index in [0.717, 1.165) is 11.1 Å². The number of carbonyl (C=O) groups is 1. The average Bonchev–Trinajstić information content (AvgIpc) is 2.84. The monoisotopic (exact) mass is 344 g/mol. The highest BCUT2D eigenvalue weighted by atomic mass is 32.2. The summed E-state index contributed by atoms with van der Waals surface area (Å²) in [5, 5.41) is 0. The molecule has 3 rings (SSSR count). The number of hydrogen-bond donors (Lipinski definition) is 1. The standard InChI is InChI=1S/C17H16N2O4S/c1-12-6-8-13(9-7-12)11-23-16(20)10-18-17-14-4-2-3-5-15(14)24(21,22)19-17/h2-9H,10-11H2,1H3,(H,18,19). The fourth-order valence-corrected chi connectivity index (χ4v) is 3.54. The lowest BCUT2D eigenvalue weighted by Gasteiger charge is -2.04. The van der Waals surface area contributed by atoms with Crippen LogP contribution in [0.2, 0.25) is 0 Å². The molecule has 0 saturated carbocycles. The van der Waals surface area contributed by atoms with E-state index in [2.05, 4.69) is 9.71 Å². The van der Waals surface area contributed by atoms with Crippen molar-refractivity contribution in [1.29, 1.82) is 0 Å². The van der Waals surface area contributed by atoms with Crippen LogP contribution in [-0.4, -0.2) is 26.8 Å². The summed E-state index contributed by atoms with van der Waals surface area (Å²) in [7, 11) is -3.59. The number of fused-ring (bicyclic) bond motifs is 1. The van der Waals surface area contributed by atoms with Crippen LogP contribution >= 0.6 is 0 Å². The van der Waals surface area contributed by atoms with Crippen molar-refractivity contribution in [3.63, 3.8) is 0 Å². The Bertz CT molecular complexity index is 902. The van der Waals surface area contributed by atoms with Crippen molar-refractivity contribution < 1.29 is 17.9 Å². The number of aryl methyl sites for hydroxylation is 1. The summed E-state index contributed by atoms with van der Waals surface area (Å²) in [6.07, 6.45) is 0. The molecule has 0 radical (unpaired) electrons. The van der Waals surface area contributed by atoms with Gasteiger partial charge in [0.15, 0.2) is 0 Å². The number of esters is 1. The van der Waals surface area contributed by atoms with Gasteiger partial charge in [-0.15, -0.1) is 0 Å². The minimum atomic E-state index is -3.59. The number of carbonyl (C=O) groups excluding carboxylic acids is 1. The number of benzene rings is 2. The van der Waals surface area contributed by atoms with Crippen LogP contribution in [0.5, 0.6) is 0 Å². The van der Waals surface area contributed by atoms with Gasteiger partial charge in [0.05, 0.1) is 4.90 Å². The first-order valence-electron chi connectivity index (χ1n) is 7.33. The van der Waals surface area contributed by atoms with Crippen LogP contribution in [-0.2, 0) is 26.2 Å². The second-order valence-corrected chi connectivity index (χ2v) is 7.06. The lowest BCUT2D eigenvalue weighted by atomic mass is 10.2. The van der Waals surface area contributed by atoms with Crippen LogP contribution in [0.1, 0.15) is 16.7 Å². The predicted octanol–water partition coefficient (Wildman–Crippen LogP) is 1.78. The maximum atomic E-state index is 11.9. The van der Waals surface area contributed by atoms with Gasteiger partial charge in [0.2, 0.25) is 0 Å². The molecule has 0 saturated heterocycles. The molecule has 24 heavy (non-hydrogen) atoms. The SMILES string of the molecule is Cc1ccc(COC(=O)CN=C2NS(=O)(=O)c3ccccc32)cc1. The summed E-state index contributed by atoms with van der Waals surface area (Å²) >= 11 is 0. The summed E-state index contributed by atoms with van der Waals surface area (Å²) in [6.45, 7) is 1.89. The average molecular weight is 344 g/mol. The van der Waals surface area contributed by atoms with Crippen LogP contribution in [0.15, 0.2) is 58.4 Å². The van der Waals surface area contributed by atoms with E-state index in [9.17, 15) is 13.2 Å². The van der Waals surface area contributed by atoms with Crippen molar-refractivity contribution in [3.05, 3.63) is 65.2 Å². The summed E-state index contributed by atoms with van der Waals surface area (Å²) < 4.78 is 31.4. The number of amidine groups is 1. The van der Waals surface area contributed by atoms with Gasteiger partial charge in [-0.3, -0.25) is 14.5 Å². The number of nitrogens with one attached hydrogen (secondary N) is 1. The summed E-state index contributed by atoms with van der Waals surface area (Å²) in [5.74, 6) is -0.357. The van der Waals surface area contributed by atoms with E-state index < -0.39 is 16.0 Å². The highest BCUT2D eigenvalue weighted by Gasteiger charge is 2.30. The maximum Gasteiger partial charge on any atom is 0.328 e. The Morgan fingerprint density at radius 2 is 1.83 bits per heavy atom. The van der Waals surface area contributed by atoms with Crippen LogP contribution < -0.4 is 4.72 Å². The second kappa shape index (κ2) is 6.45. The van der Waals surface area contributed by atoms with Crippen molar-refractivity contribution in [2.24, 2.45) is 4.99 Å². The lowest BCUT2D eigenvalue weighted by Crippen LogP contribution is -2.23. The van der Waals surface area contributed by atoms with Gasteiger partial charge in [-0.25, -0.2) is 8.42 Å². The number of sulfonamides is 1. The molecule has 1 aliphatic rings. The van der Waals surface area contributed by atoms with Crippen LogP contribution in [0.3, 0.4) is 0 Å². The lowest BCUT2D eigenvalue weighted by molar-refractivity contribution is -0.143. The third-order valence-corrected chi connectivity index (χ3v) is 4.95. The van der Waals surface area contributed by atoms with Crippen LogP contribution in [0, 0.1) is 6.92 Å². The van der Waals surface area contributed by atoms with E-state index in [-0.39, 0.29) is 23.9 Å². The molecule has 0 atom stereocenters. The fourth-order valence-electron chi connectivity index (χ4n) is 2.29. The highest BCUT2D eigenvalue weighted by molar-refractivity contribution is 7.90. The molecule has 1 N–H and O–H groups in total. The second-order valence-electron chi connectivity index (χ2n) is 5.41. The zero-order valence-electron chi connectivity index (χ0n) is 13.0. The summed E-state index contributed by atoms with van der Waals surface area (Å²) in [5.41, 5.74) is 2.47. The molecule has 6 nitrogen and oxygen atoms in total. The molecular formula is C17H16N2O4S. The molecule has 0 unspecified atom stereocenters. The van der Waals surface area contributed by atoms with Gasteiger partial charge in [-0.2, -0.15) is 0 Å². The number of hydrogen-bond acceptors (Lipinski definition) is 5. The van der Waals surface area contributed by atoms with Gasteiger partial charge < -0.3 is 4.74 Å². The Kier molecular flexibility index (Phi) is 4.35.